The number of nitrogens with two attached hydrogens (primary N) is 1. The Kier molecular flexibility index (Phi) is 5.96. The quantitative estimate of drug-likeness (QED) is 0.508. The molecule has 9 heteroatoms. The molecule has 0 aliphatic carbocycles. The number of nitrogens with zero attached hydrogens (tertiary/aromatic N) is 1. The van der Waals surface area contributed by atoms with Gasteiger partial charge in [-0.3, -0.25) is 0 Å². The third-order valence-electron chi connectivity index (χ3n) is 5.64. The minimum absolute atomic E-state index is 0.0130. The Morgan fingerprint density at radius 1 is 1.23 bits per heavy atom. The number of nitriles is 1. The molecule has 1 saturated heterocycles. The van der Waals surface area contributed by atoms with Crippen molar-refractivity contribution in [2.24, 2.45) is 11.7 Å². The average molecular weight is 487 g/mol. The molecule has 0 spiro atoms. The first kappa shape index (κ1) is 21.3. The first-order chi connectivity index (χ1) is 15.0. The van der Waals surface area contributed by atoms with E-state index in [1.54, 1.807) is 19.2 Å². The number of methoxy groups -OCH3 is 1. The predicted octanol–water partition coefficient (Wildman–Crippen LogP) is 3.16. The molecule has 4 rings (SSSR count). The van der Waals surface area contributed by atoms with Gasteiger partial charge in [-0.1, -0.05) is 12.1 Å². The number of halogens is 1. The van der Waals surface area contributed by atoms with Crippen molar-refractivity contribution in [1.29, 1.82) is 5.26 Å². The molecule has 2 aliphatic rings. The fourth-order valence-corrected chi connectivity index (χ4v) is 4.69. The van der Waals surface area contributed by atoms with Crippen LogP contribution in [0.15, 0.2) is 52.3 Å². The topological polar surface area (TPSA) is 122 Å². The summed E-state index contributed by atoms with van der Waals surface area (Å²) in [5.74, 6) is 0.606. The van der Waals surface area contributed by atoms with Gasteiger partial charge in [0.05, 0.1) is 29.8 Å². The van der Waals surface area contributed by atoms with E-state index in [0.717, 1.165) is 16.9 Å². The van der Waals surface area contributed by atoms with Crippen molar-refractivity contribution < 1.29 is 19.3 Å². The van der Waals surface area contributed by atoms with Crippen LogP contribution in [-0.2, 0) is 4.74 Å². The number of aromatic hydroxyl groups is 1. The minimum atomic E-state index is -0.447. The maximum atomic E-state index is 10.4. The average Bonchev–Trinajstić information content (AvgIpc) is 3.19. The standard InChI is InChI=1S/C22H23BrN4O4/c1-3-30-16-9-12(8-15(23)20(16)28)17-14(10-24)21(25)31-22-18(17)19(26-27-22)11-4-6-13(29-2)7-5-11/h4-9,17-19,22,26-28H,3,25H2,1-2H3. The Balaban J connectivity index is 1.82. The van der Waals surface area contributed by atoms with Crippen LogP contribution in [0.25, 0.3) is 0 Å². The molecule has 0 amide bonds. The summed E-state index contributed by atoms with van der Waals surface area (Å²) in [5, 5.41) is 20.3. The van der Waals surface area contributed by atoms with Gasteiger partial charge in [0, 0.05) is 11.8 Å². The lowest BCUT2D eigenvalue weighted by Crippen LogP contribution is -2.41. The molecule has 4 unspecified atom stereocenters. The molecule has 5 N–H and O–H groups in total. The Morgan fingerprint density at radius 3 is 2.61 bits per heavy atom. The molecule has 2 aromatic rings. The zero-order valence-corrected chi connectivity index (χ0v) is 18.6. The van der Waals surface area contributed by atoms with Crippen molar-refractivity contribution in [2.45, 2.75) is 25.1 Å². The molecule has 0 aromatic heterocycles. The molecule has 4 atom stereocenters. The van der Waals surface area contributed by atoms with Crippen molar-refractivity contribution in [3.63, 3.8) is 0 Å². The van der Waals surface area contributed by atoms with Crippen molar-refractivity contribution >= 4 is 15.9 Å². The molecule has 0 bridgehead atoms. The lowest BCUT2D eigenvalue weighted by molar-refractivity contribution is 0.0340. The molecular weight excluding hydrogens is 464 g/mol. The predicted molar refractivity (Wildman–Crippen MR) is 117 cm³/mol. The highest BCUT2D eigenvalue weighted by molar-refractivity contribution is 9.10. The SMILES string of the molecule is CCOc1cc(C2C(C#N)=C(N)OC3NNC(c4ccc(OC)cc4)C32)cc(Br)c1O. The maximum Gasteiger partial charge on any atom is 0.200 e. The molecule has 2 aromatic carbocycles. The Hall–Kier alpha value is -2.93. The number of nitrogens with one attached hydrogen (secondary N) is 2. The van der Waals surface area contributed by atoms with Crippen LogP contribution in [0.5, 0.6) is 17.2 Å². The second kappa shape index (κ2) is 8.67. The van der Waals surface area contributed by atoms with E-state index in [2.05, 4.69) is 32.9 Å². The number of rotatable bonds is 5. The first-order valence-corrected chi connectivity index (χ1v) is 10.6. The fourth-order valence-electron chi connectivity index (χ4n) is 4.23. The molecule has 0 radical (unpaired) electrons. The molecule has 31 heavy (non-hydrogen) atoms. The monoisotopic (exact) mass is 486 g/mol. The number of allylic oxidation sites excluding steroid dienone is 1. The maximum absolute atomic E-state index is 10.4. The zero-order valence-electron chi connectivity index (χ0n) is 17.1. The Labute approximate surface area is 188 Å². The van der Waals surface area contributed by atoms with Crippen LogP contribution in [-0.4, -0.2) is 25.1 Å². The molecule has 8 nitrogen and oxygen atoms in total. The number of phenols is 1. The molecule has 2 heterocycles. The second-order valence-electron chi connectivity index (χ2n) is 7.31. The minimum Gasteiger partial charge on any atom is -0.503 e. The summed E-state index contributed by atoms with van der Waals surface area (Å²) in [6, 6.07) is 13.3. The van der Waals surface area contributed by atoms with E-state index in [0.29, 0.717) is 22.4 Å². The smallest absolute Gasteiger partial charge is 0.200 e. The molecular formula is C22H23BrN4O4. The van der Waals surface area contributed by atoms with Crippen LogP contribution in [0, 0.1) is 17.2 Å². The number of hydrazine groups is 1. The highest BCUT2D eigenvalue weighted by Gasteiger charge is 2.49. The van der Waals surface area contributed by atoms with Crippen molar-refractivity contribution in [3.05, 3.63) is 63.5 Å². The fraction of sp³-hybridized carbons (Fsp3) is 0.318. The van der Waals surface area contributed by atoms with Gasteiger partial charge >= 0.3 is 0 Å². The lowest BCUT2D eigenvalue weighted by atomic mass is 9.74. The van der Waals surface area contributed by atoms with Crippen molar-refractivity contribution in [1.82, 2.24) is 10.9 Å². The summed E-state index contributed by atoms with van der Waals surface area (Å²) in [6.07, 6.45) is -0.447. The van der Waals surface area contributed by atoms with Crippen molar-refractivity contribution in [2.75, 3.05) is 13.7 Å². The van der Waals surface area contributed by atoms with Gasteiger partial charge in [-0.15, -0.1) is 0 Å². The number of fused-ring (bicyclic) bond motifs is 1. The van der Waals surface area contributed by atoms with Gasteiger partial charge < -0.3 is 25.1 Å². The summed E-state index contributed by atoms with van der Waals surface area (Å²) in [7, 11) is 1.62. The highest BCUT2D eigenvalue weighted by atomic mass is 79.9. The molecule has 162 valence electrons. The second-order valence-corrected chi connectivity index (χ2v) is 8.16. The molecule has 0 saturated carbocycles. The first-order valence-electron chi connectivity index (χ1n) is 9.85. The number of benzene rings is 2. The van der Waals surface area contributed by atoms with Gasteiger partial charge in [0.1, 0.15) is 11.8 Å². The van der Waals surface area contributed by atoms with E-state index >= 15 is 0 Å². The summed E-state index contributed by atoms with van der Waals surface area (Å²) < 4.78 is 17.2. The number of hydrogen-bond donors (Lipinski definition) is 4. The number of phenolic OH excluding ortho intramolecular Hbond substituents is 1. The van der Waals surface area contributed by atoms with E-state index in [9.17, 15) is 10.4 Å². The van der Waals surface area contributed by atoms with E-state index < -0.39 is 12.1 Å². The summed E-state index contributed by atoms with van der Waals surface area (Å²) in [5.41, 5.74) is 14.7. The Morgan fingerprint density at radius 2 is 1.97 bits per heavy atom. The molecule has 2 aliphatic heterocycles. The van der Waals surface area contributed by atoms with Crippen LogP contribution >= 0.6 is 15.9 Å². The largest absolute Gasteiger partial charge is 0.503 e. The Bertz CT molecular complexity index is 1050. The van der Waals surface area contributed by atoms with Gasteiger partial charge in [-0.05, 0) is 58.2 Å². The van der Waals surface area contributed by atoms with Gasteiger partial charge in [0.15, 0.2) is 17.7 Å². The van der Waals surface area contributed by atoms with Crippen molar-refractivity contribution in [3.8, 4) is 23.3 Å². The van der Waals surface area contributed by atoms with Crippen LogP contribution in [0.3, 0.4) is 0 Å². The van der Waals surface area contributed by atoms with Crippen LogP contribution in [0.1, 0.15) is 30.0 Å². The van der Waals surface area contributed by atoms with Crippen LogP contribution in [0.4, 0.5) is 0 Å². The number of ether oxygens (including phenoxy) is 3. The van der Waals surface area contributed by atoms with Gasteiger partial charge in [-0.2, -0.15) is 5.26 Å². The van der Waals surface area contributed by atoms with Gasteiger partial charge in [0.2, 0.25) is 5.88 Å². The normalized spacial score (nSPS) is 24.8. The summed E-state index contributed by atoms with van der Waals surface area (Å²) >= 11 is 3.40. The number of hydrogen-bond acceptors (Lipinski definition) is 8. The van der Waals surface area contributed by atoms with Crippen LogP contribution in [0.2, 0.25) is 0 Å². The van der Waals surface area contributed by atoms with E-state index in [1.165, 1.54) is 0 Å². The third kappa shape index (κ3) is 3.78. The van der Waals surface area contributed by atoms with Crippen LogP contribution < -0.4 is 26.1 Å². The summed E-state index contributed by atoms with van der Waals surface area (Å²) in [4.78, 5) is 0. The van der Waals surface area contributed by atoms with E-state index in [-0.39, 0.29) is 23.6 Å². The van der Waals surface area contributed by atoms with E-state index in [4.69, 9.17) is 19.9 Å². The zero-order chi connectivity index (χ0) is 22.1. The third-order valence-corrected chi connectivity index (χ3v) is 6.24. The van der Waals surface area contributed by atoms with Gasteiger partial charge in [0.25, 0.3) is 0 Å². The highest BCUT2D eigenvalue weighted by Crippen LogP contribution is 2.49. The summed E-state index contributed by atoms with van der Waals surface area (Å²) in [6.45, 7) is 2.23. The van der Waals surface area contributed by atoms with E-state index in [1.807, 2.05) is 31.2 Å². The lowest BCUT2D eigenvalue weighted by Gasteiger charge is -2.36. The van der Waals surface area contributed by atoms with Gasteiger partial charge in [-0.25, -0.2) is 10.9 Å². The molecule has 1 fully saturated rings.